The minimum absolute atomic E-state index is 0.284. The van der Waals surface area contributed by atoms with Crippen molar-refractivity contribution < 1.29 is 22.3 Å². The van der Waals surface area contributed by atoms with E-state index in [9.17, 15) is 17.6 Å². The van der Waals surface area contributed by atoms with Gasteiger partial charge in [-0.05, 0) is 0 Å². The van der Waals surface area contributed by atoms with E-state index in [2.05, 4.69) is 9.72 Å². The number of aromatic nitrogens is 1. The first-order valence-corrected chi connectivity index (χ1v) is 3.92. The lowest BCUT2D eigenvalue weighted by Crippen LogP contribution is -2.18. The Morgan fingerprint density at radius 3 is 2.57 bits per heavy atom. The summed E-state index contributed by atoms with van der Waals surface area (Å²) < 4.78 is 51.6. The SMILES string of the molecule is Fc1c(OC(F)(F)F)ccnc1CCl. The molecule has 0 aliphatic heterocycles. The predicted molar refractivity (Wildman–Crippen MR) is 40.4 cm³/mol. The summed E-state index contributed by atoms with van der Waals surface area (Å²) in [5.74, 6) is -2.44. The van der Waals surface area contributed by atoms with E-state index in [1.165, 1.54) is 0 Å². The van der Waals surface area contributed by atoms with Crippen LogP contribution in [0.1, 0.15) is 5.69 Å². The van der Waals surface area contributed by atoms with Crippen molar-refractivity contribution in [1.82, 2.24) is 4.98 Å². The lowest BCUT2D eigenvalue weighted by molar-refractivity contribution is -0.275. The molecule has 0 aliphatic carbocycles. The monoisotopic (exact) mass is 229 g/mol. The molecule has 1 heterocycles. The van der Waals surface area contributed by atoms with Crippen LogP contribution in [0.15, 0.2) is 12.3 Å². The maximum absolute atomic E-state index is 13.0. The van der Waals surface area contributed by atoms with Crippen LogP contribution in [0.2, 0.25) is 0 Å². The molecule has 0 N–H and O–H groups in total. The third-order valence-electron chi connectivity index (χ3n) is 1.28. The van der Waals surface area contributed by atoms with Crippen LogP contribution in [0.4, 0.5) is 17.6 Å². The Hall–Kier alpha value is -1.04. The summed E-state index contributed by atoms with van der Waals surface area (Å²) in [6.45, 7) is 0. The van der Waals surface area contributed by atoms with Crippen molar-refractivity contribution in [3.05, 3.63) is 23.8 Å². The molecule has 0 spiro atoms. The van der Waals surface area contributed by atoms with E-state index in [0.717, 1.165) is 12.3 Å². The van der Waals surface area contributed by atoms with Gasteiger partial charge in [0.05, 0.1) is 11.6 Å². The fraction of sp³-hybridized carbons (Fsp3) is 0.286. The van der Waals surface area contributed by atoms with Crippen molar-refractivity contribution in [3.8, 4) is 5.75 Å². The average Bonchev–Trinajstić information content (AvgIpc) is 2.06. The van der Waals surface area contributed by atoms with Gasteiger partial charge in [-0.2, -0.15) is 0 Å². The molecular weight excluding hydrogens is 226 g/mol. The van der Waals surface area contributed by atoms with Crippen LogP contribution in [0.25, 0.3) is 0 Å². The van der Waals surface area contributed by atoms with Crippen molar-refractivity contribution in [2.45, 2.75) is 12.2 Å². The molecule has 0 radical (unpaired) electrons. The summed E-state index contributed by atoms with van der Waals surface area (Å²) in [6.07, 6.45) is -3.94. The number of nitrogens with zero attached hydrogens (tertiary/aromatic N) is 1. The molecule has 0 unspecified atom stereocenters. The number of pyridine rings is 1. The summed E-state index contributed by atoms with van der Waals surface area (Å²) in [6, 6.07) is 0.777. The van der Waals surface area contributed by atoms with Crippen molar-refractivity contribution in [2.75, 3.05) is 0 Å². The molecule has 78 valence electrons. The Labute approximate surface area is 81.5 Å². The fourth-order valence-electron chi connectivity index (χ4n) is 0.764. The highest BCUT2D eigenvalue weighted by Crippen LogP contribution is 2.26. The normalized spacial score (nSPS) is 11.5. The average molecular weight is 230 g/mol. The highest BCUT2D eigenvalue weighted by Gasteiger charge is 2.32. The van der Waals surface area contributed by atoms with Gasteiger partial charge in [-0.15, -0.1) is 24.8 Å². The van der Waals surface area contributed by atoms with E-state index in [4.69, 9.17) is 11.6 Å². The van der Waals surface area contributed by atoms with Crippen LogP contribution >= 0.6 is 11.6 Å². The van der Waals surface area contributed by atoms with Gasteiger partial charge in [0.1, 0.15) is 0 Å². The Bertz CT molecular complexity index is 328. The lowest BCUT2D eigenvalue weighted by atomic mass is 10.3. The molecule has 0 aliphatic rings. The number of hydrogen-bond donors (Lipinski definition) is 0. The van der Waals surface area contributed by atoms with Gasteiger partial charge >= 0.3 is 6.36 Å². The molecule has 14 heavy (non-hydrogen) atoms. The largest absolute Gasteiger partial charge is 0.573 e. The topological polar surface area (TPSA) is 22.1 Å². The van der Waals surface area contributed by atoms with Crippen LogP contribution in [0.5, 0.6) is 5.75 Å². The summed E-state index contributed by atoms with van der Waals surface area (Å²) in [5.41, 5.74) is -0.284. The van der Waals surface area contributed by atoms with E-state index in [1.54, 1.807) is 0 Å². The van der Waals surface area contributed by atoms with E-state index in [1.807, 2.05) is 0 Å². The van der Waals surface area contributed by atoms with E-state index < -0.39 is 17.9 Å². The van der Waals surface area contributed by atoms with Crippen LogP contribution in [-0.4, -0.2) is 11.3 Å². The second kappa shape index (κ2) is 4.00. The first kappa shape index (κ1) is 11.0. The molecule has 2 nitrogen and oxygen atoms in total. The quantitative estimate of drug-likeness (QED) is 0.575. The van der Waals surface area contributed by atoms with E-state index in [-0.39, 0.29) is 11.6 Å². The molecule has 0 saturated carbocycles. The second-order valence-corrected chi connectivity index (χ2v) is 2.52. The van der Waals surface area contributed by atoms with Crippen molar-refractivity contribution in [3.63, 3.8) is 0 Å². The predicted octanol–water partition coefficient (Wildman–Crippen LogP) is 2.86. The molecule has 1 rings (SSSR count). The maximum Gasteiger partial charge on any atom is 0.573 e. The summed E-state index contributed by atoms with van der Waals surface area (Å²) >= 11 is 5.24. The standard InChI is InChI=1S/C7H4ClF4NO/c8-3-4-6(9)5(1-2-13-4)14-7(10,11)12/h1-2H,3H2. The third-order valence-corrected chi connectivity index (χ3v) is 1.53. The highest BCUT2D eigenvalue weighted by atomic mass is 35.5. The molecular formula is C7H4ClF4NO. The second-order valence-electron chi connectivity index (χ2n) is 2.25. The Kier molecular flexibility index (Phi) is 3.15. The highest BCUT2D eigenvalue weighted by molar-refractivity contribution is 6.16. The van der Waals surface area contributed by atoms with E-state index in [0.29, 0.717) is 0 Å². The van der Waals surface area contributed by atoms with Gasteiger partial charge in [0, 0.05) is 12.3 Å². The van der Waals surface area contributed by atoms with Crippen molar-refractivity contribution in [1.29, 1.82) is 0 Å². The fourth-order valence-corrected chi connectivity index (χ4v) is 0.950. The molecule has 0 bridgehead atoms. The van der Waals surface area contributed by atoms with Gasteiger partial charge < -0.3 is 4.74 Å². The minimum Gasteiger partial charge on any atom is -0.403 e. The first-order chi connectivity index (χ1) is 6.44. The Balaban J connectivity index is 2.98. The van der Waals surface area contributed by atoms with Crippen molar-refractivity contribution in [2.24, 2.45) is 0 Å². The Morgan fingerprint density at radius 1 is 1.43 bits per heavy atom. The first-order valence-electron chi connectivity index (χ1n) is 3.39. The zero-order valence-corrected chi connectivity index (χ0v) is 7.36. The summed E-state index contributed by atoms with van der Waals surface area (Å²) in [4.78, 5) is 3.43. The zero-order valence-electron chi connectivity index (χ0n) is 6.61. The minimum atomic E-state index is -4.92. The van der Waals surface area contributed by atoms with Crippen LogP contribution in [0.3, 0.4) is 0 Å². The number of hydrogen-bond acceptors (Lipinski definition) is 2. The summed E-state index contributed by atoms with van der Waals surface area (Å²) in [7, 11) is 0. The number of ether oxygens (including phenoxy) is 1. The van der Waals surface area contributed by atoms with Gasteiger partial charge in [-0.25, -0.2) is 4.39 Å². The van der Waals surface area contributed by atoms with Gasteiger partial charge in [0.25, 0.3) is 0 Å². The third kappa shape index (κ3) is 2.73. The van der Waals surface area contributed by atoms with Crippen LogP contribution < -0.4 is 4.74 Å². The van der Waals surface area contributed by atoms with Gasteiger partial charge in [-0.1, -0.05) is 0 Å². The van der Waals surface area contributed by atoms with Gasteiger partial charge in [0.2, 0.25) is 0 Å². The number of rotatable bonds is 2. The molecule has 0 saturated heterocycles. The zero-order chi connectivity index (χ0) is 10.8. The van der Waals surface area contributed by atoms with Crippen molar-refractivity contribution >= 4 is 11.6 Å². The Morgan fingerprint density at radius 2 is 2.07 bits per heavy atom. The van der Waals surface area contributed by atoms with Gasteiger partial charge in [0.15, 0.2) is 11.6 Å². The molecule has 0 amide bonds. The van der Waals surface area contributed by atoms with Crippen LogP contribution in [-0.2, 0) is 5.88 Å². The number of alkyl halides is 4. The molecule has 7 heteroatoms. The van der Waals surface area contributed by atoms with Gasteiger partial charge in [-0.3, -0.25) is 4.98 Å². The smallest absolute Gasteiger partial charge is 0.403 e. The molecule has 1 aromatic rings. The lowest BCUT2D eigenvalue weighted by Gasteiger charge is -2.10. The van der Waals surface area contributed by atoms with E-state index >= 15 is 0 Å². The molecule has 0 fully saturated rings. The maximum atomic E-state index is 13.0. The van der Waals surface area contributed by atoms with Crippen LogP contribution in [0, 0.1) is 5.82 Å². The molecule has 0 atom stereocenters. The summed E-state index contributed by atoms with van der Waals surface area (Å²) in [5, 5.41) is 0. The molecule has 0 aromatic carbocycles. The molecule has 1 aromatic heterocycles. The number of halogens is 5.